The fourth-order valence-corrected chi connectivity index (χ4v) is 9.25. The zero-order valence-corrected chi connectivity index (χ0v) is 38.0. The van der Waals surface area contributed by atoms with Gasteiger partial charge in [-0.2, -0.15) is 0 Å². The highest BCUT2D eigenvalue weighted by molar-refractivity contribution is 6.26. The molecule has 0 N–H and O–H groups in total. The number of nitrogens with zero attached hydrogens (tertiary/aromatic N) is 2. The van der Waals surface area contributed by atoms with Gasteiger partial charge >= 0.3 is 0 Å². The van der Waals surface area contributed by atoms with E-state index in [2.05, 4.69) is 107 Å². The summed E-state index contributed by atoms with van der Waals surface area (Å²) < 4.78 is 12.2. The Labute approximate surface area is 356 Å². The van der Waals surface area contributed by atoms with E-state index in [1.807, 2.05) is 72.8 Å². The number of anilines is 2. The predicted molar refractivity (Wildman–Crippen MR) is 237 cm³/mol. The topological polar surface area (TPSA) is 93.2 Å². The number of ether oxygens (including phenoxy) is 2. The summed E-state index contributed by atoms with van der Waals surface area (Å²) in [4.78, 5) is 57.5. The molecule has 0 radical (unpaired) electrons. The minimum Gasteiger partial charge on any atom is -0.344 e. The molecule has 6 heterocycles. The van der Waals surface area contributed by atoms with Crippen LogP contribution in [0, 0.1) is 0 Å². The molecule has 6 saturated heterocycles. The maximum Gasteiger partial charge on any atom is 0.270 e. The maximum atomic E-state index is 13.9. The minimum absolute atomic E-state index is 0.104. The van der Waals surface area contributed by atoms with Crippen molar-refractivity contribution >= 4 is 35.0 Å². The molecule has 0 saturated carbocycles. The number of benzene rings is 4. The van der Waals surface area contributed by atoms with E-state index in [1.54, 1.807) is 13.8 Å². The number of hydrogen-bond donors (Lipinski definition) is 0. The average Bonchev–Trinajstić information content (AvgIpc) is 3.13. The van der Waals surface area contributed by atoms with Crippen molar-refractivity contribution in [2.75, 3.05) is 9.80 Å². The van der Waals surface area contributed by atoms with Crippen molar-refractivity contribution in [3.8, 4) is 0 Å². The lowest BCUT2D eigenvalue weighted by Gasteiger charge is -2.59. The Morgan fingerprint density at radius 3 is 1.00 bits per heavy atom. The van der Waals surface area contributed by atoms with Crippen LogP contribution in [0.1, 0.15) is 143 Å². The molecule has 6 aliphatic heterocycles. The number of rotatable bonds is 4. The highest BCUT2D eigenvalue weighted by Gasteiger charge is 2.71. The van der Waals surface area contributed by atoms with Gasteiger partial charge in [0.1, 0.15) is 11.2 Å². The van der Waals surface area contributed by atoms with Gasteiger partial charge in [0.25, 0.3) is 23.6 Å². The van der Waals surface area contributed by atoms with Crippen LogP contribution in [0.5, 0.6) is 0 Å². The van der Waals surface area contributed by atoms with Crippen molar-refractivity contribution in [1.82, 2.24) is 0 Å². The molecule has 60 heavy (non-hydrogen) atoms. The zero-order chi connectivity index (χ0) is 44.2. The molecule has 6 aliphatic rings. The summed E-state index contributed by atoms with van der Waals surface area (Å²) >= 11 is 0. The van der Waals surface area contributed by atoms with Crippen LogP contribution in [0.15, 0.2) is 97.1 Å². The van der Waals surface area contributed by atoms with Crippen LogP contribution in [0.25, 0.3) is 0 Å². The van der Waals surface area contributed by atoms with Gasteiger partial charge in [-0.25, -0.2) is 9.80 Å². The summed E-state index contributed by atoms with van der Waals surface area (Å²) in [5.74, 6) is -1.14. The van der Waals surface area contributed by atoms with E-state index in [0.717, 1.165) is 33.4 Å². The van der Waals surface area contributed by atoms with Gasteiger partial charge in [-0.1, -0.05) is 168 Å². The third-order valence-corrected chi connectivity index (χ3v) is 12.7. The molecule has 0 unspecified atom stereocenters. The summed E-state index contributed by atoms with van der Waals surface area (Å²) in [5.41, 5.74) is 2.25. The lowest BCUT2D eigenvalue weighted by molar-refractivity contribution is -0.261. The molecule has 6 fully saturated rings. The smallest absolute Gasteiger partial charge is 0.270 e. The van der Waals surface area contributed by atoms with Crippen molar-refractivity contribution in [2.24, 2.45) is 0 Å². The first kappa shape index (κ1) is 43.2. The molecule has 4 bridgehead atoms. The molecule has 4 aromatic rings. The average molecular weight is 811 g/mol. The highest BCUT2D eigenvalue weighted by atomic mass is 16.6. The zero-order valence-electron chi connectivity index (χ0n) is 38.0. The second-order valence-corrected chi connectivity index (χ2v) is 21.8. The first-order chi connectivity index (χ1) is 27.6. The summed E-state index contributed by atoms with van der Waals surface area (Å²) in [6.45, 7) is 29.0. The summed E-state index contributed by atoms with van der Waals surface area (Å²) in [6.07, 6.45) is 0.754. The van der Waals surface area contributed by atoms with Crippen LogP contribution in [-0.2, 0) is 61.5 Å². The molecular formula is C52H62N2O6. The fraction of sp³-hybridized carbons (Fsp3) is 0.462. The molecule has 0 aliphatic carbocycles. The SMILES string of the molecule is CC(C)(C)c1ccc(C(C)(C)C)c(N2C(=O)[C@]3(C)C[C@@](c4ccccc4)(O3)C2=O)c1.CC(C)(C)c1ccc(C(C)(C)C)c(N2C(=O)[C@]3(C)C[C@@](c4ccccc4)(O3)C2=O)c1. The molecule has 8 nitrogen and oxygen atoms in total. The lowest BCUT2D eigenvalue weighted by Crippen LogP contribution is -2.76. The van der Waals surface area contributed by atoms with Crippen LogP contribution in [0.3, 0.4) is 0 Å². The van der Waals surface area contributed by atoms with E-state index in [0.29, 0.717) is 24.2 Å². The van der Waals surface area contributed by atoms with Crippen LogP contribution < -0.4 is 9.80 Å². The van der Waals surface area contributed by atoms with Crippen molar-refractivity contribution < 1.29 is 28.7 Å². The lowest BCUT2D eigenvalue weighted by atomic mass is 9.70. The van der Waals surface area contributed by atoms with E-state index >= 15 is 0 Å². The van der Waals surface area contributed by atoms with Crippen molar-refractivity contribution in [1.29, 1.82) is 0 Å². The number of carbonyl (C=O) groups excluding carboxylic acids is 4. The minimum atomic E-state index is -1.10. The van der Waals surface area contributed by atoms with Gasteiger partial charge in [-0.05, 0) is 81.0 Å². The molecule has 0 spiro atoms. The van der Waals surface area contributed by atoms with Gasteiger partial charge in [0.05, 0.1) is 11.4 Å². The van der Waals surface area contributed by atoms with E-state index in [9.17, 15) is 19.2 Å². The Morgan fingerprint density at radius 2 is 0.733 bits per heavy atom. The predicted octanol–water partition coefficient (Wildman–Crippen LogP) is 10.5. The van der Waals surface area contributed by atoms with Gasteiger partial charge in [0, 0.05) is 12.8 Å². The molecule has 4 atom stereocenters. The quantitative estimate of drug-likeness (QED) is 0.191. The second-order valence-electron chi connectivity index (χ2n) is 21.8. The molecule has 0 aromatic heterocycles. The van der Waals surface area contributed by atoms with Crippen LogP contribution >= 0.6 is 0 Å². The first-order valence-electron chi connectivity index (χ1n) is 21.2. The van der Waals surface area contributed by atoms with Crippen molar-refractivity contribution in [3.63, 3.8) is 0 Å². The first-order valence-corrected chi connectivity index (χ1v) is 21.2. The maximum absolute atomic E-state index is 13.9. The molecule has 8 heteroatoms. The number of fused-ring (bicyclic) bond motifs is 4. The van der Waals surface area contributed by atoms with Gasteiger partial charge in [-0.3, -0.25) is 19.2 Å². The fourth-order valence-electron chi connectivity index (χ4n) is 9.25. The van der Waals surface area contributed by atoms with Crippen molar-refractivity contribution in [2.45, 2.75) is 154 Å². The van der Waals surface area contributed by atoms with Gasteiger partial charge < -0.3 is 9.47 Å². The summed E-state index contributed by atoms with van der Waals surface area (Å²) in [7, 11) is 0. The summed E-state index contributed by atoms with van der Waals surface area (Å²) in [6, 6.07) is 31.4. The van der Waals surface area contributed by atoms with E-state index < -0.39 is 22.4 Å². The number of imide groups is 2. The van der Waals surface area contributed by atoms with Crippen LogP contribution in [0.2, 0.25) is 0 Å². The summed E-state index contributed by atoms with van der Waals surface area (Å²) in [5, 5.41) is 0. The molecule has 4 aromatic carbocycles. The normalized spacial score (nSPS) is 26.6. The molecule has 10 rings (SSSR count). The number of hydrogen-bond acceptors (Lipinski definition) is 6. The van der Waals surface area contributed by atoms with Gasteiger partial charge in [0.2, 0.25) is 0 Å². The van der Waals surface area contributed by atoms with Gasteiger partial charge in [-0.15, -0.1) is 0 Å². The van der Waals surface area contributed by atoms with E-state index in [1.165, 1.54) is 9.80 Å². The van der Waals surface area contributed by atoms with Crippen molar-refractivity contribution in [3.05, 3.63) is 130 Å². The van der Waals surface area contributed by atoms with Gasteiger partial charge in [0.15, 0.2) is 11.2 Å². The number of morpholine rings is 2. The second kappa shape index (κ2) is 13.8. The number of amides is 4. The van der Waals surface area contributed by atoms with E-state index in [4.69, 9.17) is 9.47 Å². The number of carbonyl (C=O) groups is 4. The van der Waals surface area contributed by atoms with Crippen LogP contribution in [0.4, 0.5) is 11.4 Å². The third kappa shape index (κ3) is 6.84. The Morgan fingerprint density at radius 1 is 0.433 bits per heavy atom. The molecule has 4 amide bonds. The number of piperidine rings is 2. The molecule has 316 valence electrons. The Bertz CT molecular complexity index is 2210. The van der Waals surface area contributed by atoms with E-state index in [-0.39, 0.29) is 45.3 Å². The van der Waals surface area contributed by atoms with Crippen LogP contribution in [-0.4, -0.2) is 34.8 Å². The Hall–Kier alpha value is -4.92. The third-order valence-electron chi connectivity index (χ3n) is 12.7. The standard InChI is InChI=1S/2C26H31NO3/c2*1-23(2,3)18-13-14-19(24(4,5)6)20(15-18)27-21(28)25(7)16-26(30-25,22(27)29)17-11-9-8-10-12-17/h2*8-15H,16H2,1-7H3/t2*25-,26-/m00/s1. The highest BCUT2D eigenvalue weighted by Crippen LogP contribution is 2.57. The monoisotopic (exact) mass is 810 g/mol. The Kier molecular flexibility index (Phi) is 9.93. The Balaban J connectivity index is 0.000000181. The molecular weight excluding hydrogens is 749 g/mol. The largest absolute Gasteiger partial charge is 0.344 e.